The third-order valence-corrected chi connectivity index (χ3v) is 9.21. The number of aliphatic hydroxyl groups is 1. The summed E-state index contributed by atoms with van der Waals surface area (Å²) in [4.78, 5) is 39.0. The highest BCUT2D eigenvalue weighted by atomic mass is 16.7. The van der Waals surface area contributed by atoms with E-state index in [1.54, 1.807) is 37.3 Å². The lowest BCUT2D eigenvalue weighted by atomic mass is 9.82. The van der Waals surface area contributed by atoms with Crippen molar-refractivity contribution in [3.05, 3.63) is 42.0 Å². The molecule has 1 heterocycles. The van der Waals surface area contributed by atoms with Crippen molar-refractivity contribution in [2.24, 2.45) is 5.92 Å². The number of hydrogen-bond donors (Lipinski definition) is 3. The van der Waals surface area contributed by atoms with Crippen LogP contribution in [0.4, 0.5) is 0 Å². The van der Waals surface area contributed by atoms with Crippen LogP contribution in [0.3, 0.4) is 0 Å². The predicted octanol–water partition coefficient (Wildman–Crippen LogP) is 6.15. The first-order chi connectivity index (χ1) is 24.6. The van der Waals surface area contributed by atoms with E-state index in [0.717, 1.165) is 44.9 Å². The lowest BCUT2D eigenvalue weighted by Gasteiger charge is -2.31. The molecule has 11 nitrogen and oxygen atoms in total. The Bertz CT molecular complexity index is 1250. The summed E-state index contributed by atoms with van der Waals surface area (Å²) < 4.78 is 27.7. The van der Waals surface area contributed by atoms with Gasteiger partial charge in [-0.1, -0.05) is 75.7 Å². The molecule has 1 aromatic rings. The van der Waals surface area contributed by atoms with E-state index in [0.29, 0.717) is 30.9 Å². The maximum absolute atomic E-state index is 13.8. The summed E-state index contributed by atoms with van der Waals surface area (Å²) in [5.41, 5.74) is -1.71. The van der Waals surface area contributed by atoms with Gasteiger partial charge in [0.2, 0.25) is 5.91 Å². The number of rotatable bonds is 27. The number of carbonyl (C=O) groups excluding carboxylic acids is 2. The average Bonchev–Trinajstić information content (AvgIpc) is 3.59. The zero-order valence-electron chi connectivity index (χ0n) is 31.2. The molecule has 2 rings (SSSR count). The molecule has 3 N–H and O–H groups in total. The number of amides is 1. The minimum atomic E-state index is -2.42. The second kappa shape index (κ2) is 24.7. The minimum Gasteiger partial charge on any atom is -0.481 e. The number of allylic oxidation sites excluding steroid dienone is 1. The summed E-state index contributed by atoms with van der Waals surface area (Å²) in [6.45, 7) is 5.67. The van der Waals surface area contributed by atoms with Gasteiger partial charge in [0, 0.05) is 33.0 Å². The zero-order chi connectivity index (χ0) is 37.4. The van der Waals surface area contributed by atoms with Crippen molar-refractivity contribution in [3.63, 3.8) is 0 Å². The molecule has 0 unspecified atom stereocenters. The first kappa shape index (κ1) is 43.7. The van der Waals surface area contributed by atoms with Gasteiger partial charge in [0.15, 0.2) is 11.4 Å². The molecule has 1 aliphatic heterocycles. The minimum absolute atomic E-state index is 0.0787. The summed E-state index contributed by atoms with van der Waals surface area (Å²) >= 11 is 0. The first-order valence-electron chi connectivity index (χ1n) is 18.5. The third kappa shape index (κ3) is 15.8. The Hall–Kier alpha value is -3.43. The summed E-state index contributed by atoms with van der Waals surface area (Å²) in [5, 5.41) is 24.2. The molecular formula is C40H61NO10. The van der Waals surface area contributed by atoms with Crippen LogP contribution in [0.15, 0.2) is 36.4 Å². The molecule has 0 bridgehead atoms. The number of nitrogens with one attached hydrogen (secondary N) is 1. The van der Waals surface area contributed by atoms with Crippen LogP contribution in [-0.2, 0) is 39.8 Å². The summed E-state index contributed by atoms with van der Waals surface area (Å²) in [6, 6.07) is 5.86. The highest BCUT2D eigenvalue weighted by molar-refractivity contribution is 5.92. The molecule has 3 atom stereocenters. The number of aliphatic carboxylic acids is 1. The Morgan fingerprint density at radius 3 is 2.22 bits per heavy atom. The fraction of sp³-hybridized carbons (Fsp3) is 0.675. The van der Waals surface area contributed by atoms with E-state index >= 15 is 0 Å². The van der Waals surface area contributed by atoms with Gasteiger partial charge in [-0.15, -0.1) is 5.92 Å². The molecule has 1 amide bonds. The Labute approximate surface area is 304 Å². The molecule has 1 aliphatic rings. The summed E-state index contributed by atoms with van der Waals surface area (Å²) in [5.74, 6) is 1.23. The van der Waals surface area contributed by atoms with Crippen LogP contribution in [0.25, 0.3) is 0 Å². The van der Waals surface area contributed by atoms with Crippen LogP contribution in [0, 0.1) is 17.8 Å². The maximum atomic E-state index is 13.8. The molecule has 1 saturated heterocycles. The van der Waals surface area contributed by atoms with Gasteiger partial charge in [-0.05, 0) is 63.1 Å². The molecular weight excluding hydrogens is 654 g/mol. The monoisotopic (exact) mass is 715 g/mol. The van der Waals surface area contributed by atoms with Crippen LogP contribution in [0.1, 0.15) is 109 Å². The number of hydrogen-bond acceptors (Lipinski definition) is 9. The largest absolute Gasteiger partial charge is 0.481 e. The first-order valence-corrected chi connectivity index (χ1v) is 18.5. The van der Waals surface area contributed by atoms with Gasteiger partial charge >= 0.3 is 11.9 Å². The van der Waals surface area contributed by atoms with Gasteiger partial charge in [0.25, 0.3) is 0 Å². The molecule has 1 aromatic carbocycles. The van der Waals surface area contributed by atoms with Crippen molar-refractivity contribution in [1.82, 2.24) is 5.32 Å². The Balaban J connectivity index is 2.05. The third-order valence-electron chi connectivity index (χ3n) is 9.21. The van der Waals surface area contributed by atoms with Crippen LogP contribution in [0.2, 0.25) is 0 Å². The van der Waals surface area contributed by atoms with Crippen molar-refractivity contribution in [1.29, 1.82) is 0 Å². The van der Waals surface area contributed by atoms with E-state index in [9.17, 15) is 24.6 Å². The van der Waals surface area contributed by atoms with Gasteiger partial charge in [-0.25, -0.2) is 9.59 Å². The van der Waals surface area contributed by atoms with Gasteiger partial charge in [-0.2, -0.15) is 0 Å². The van der Waals surface area contributed by atoms with Crippen LogP contribution in [-0.4, -0.2) is 86.1 Å². The number of methoxy groups -OCH3 is 2. The highest BCUT2D eigenvalue weighted by Gasteiger charge is 2.47. The standard InChI is InChI=1S/C40H61NO10/c1-5-7-9-13-16-24-39(50-29-30-51-39)25-17-14-11-10-12-15-19-34(40(46,38(44)45)26-18-27-47-3)36(42)41-35(37(43)48-4)31-32-20-22-33(23-21-32)49-28-8-6-2/h15,19-23,34-35,46H,5,7,9-14,16-18,24-31H2,1-4H3,(H,41,42)(H,44,45)/t34-,35+,40+/m1/s1. The average molecular weight is 716 g/mol. The summed E-state index contributed by atoms with van der Waals surface area (Å²) in [6.07, 6.45) is 15.4. The molecule has 0 spiro atoms. The number of unbranched alkanes of at least 4 members (excludes halogenated alkanes) is 8. The predicted molar refractivity (Wildman–Crippen MR) is 195 cm³/mol. The van der Waals surface area contributed by atoms with Gasteiger partial charge < -0.3 is 39.2 Å². The number of carbonyl (C=O) groups is 3. The molecule has 286 valence electrons. The van der Waals surface area contributed by atoms with E-state index in [4.69, 9.17) is 23.7 Å². The topological polar surface area (TPSA) is 150 Å². The quantitative estimate of drug-likeness (QED) is 0.0419. The smallest absolute Gasteiger partial charge is 0.336 e. The molecule has 0 aromatic heterocycles. The van der Waals surface area contributed by atoms with Crippen LogP contribution in [0.5, 0.6) is 5.75 Å². The van der Waals surface area contributed by atoms with Crippen LogP contribution >= 0.6 is 0 Å². The molecule has 51 heavy (non-hydrogen) atoms. The van der Waals surface area contributed by atoms with E-state index in [-0.39, 0.29) is 32.5 Å². The Morgan fingerprint density at radius 1 is 0.980 bits per heavy atom. The van der Waals surface area contributed by atoms with Crippen molar-refractivity contribution in [2.45, 2.75) is 128 Å². The summed E-state index contributed by atoms with van der Waals surface area (Å²) in [7, 11) is 2.69. The maximum Gasteiger partial charge on any atom is 0.336 e. The van der Waals surface area contributed by atoms with E-state index in [1.807, 2.05) is 0 Å². The van der Waals surface area contributed by atoms with Crippen molar-refractivity contribution < 1.29 is 48.3 Å². The second-order valence-electron chi connectivity index (χ2n) is 13.1. The molecule has 11 heteroatoms. The number of benzene rings is 1. The van der Waals surface area contributed by atoms with Crippen LogP contribution < -0.4 is 10.1 Å². The Morgan fingerprint density at radius 2 is 1.63 bits per heavy atom. The van der Waals surface area contributed by atoms with E-state index in [1.165, 1.54) is 46.0 Å². The zero-order valence-corrected chi connectivity index (χ0v) is 31.2. The molecule has 1 fully saturated rings. The number of ether oxygens (including phenoxy) is 5. The lowest BCUT2D eigenvalue weighted by molar-refractivity contribution is -0.168. The highest BCUT2D eigenvalue weighted by Crippen LogP contribution is 2.32. The van der Waals surface area contributed by atoms with Gasteiger partial charge in [-0.3, -0.25) is 4.79 Å². The normalized spacial score (nSPS) is 16.1. The number of esters is 1. The van der Waals surface area contributed by atoms with E-state index in [2.05, 4.69) is 24.1 Å². The molecule has 0 radical (unpaired) electrons. The fourth-order valence-electron chi connectivity index (χ4n) is 6.24. The van der Waals surface area contributed by atoms with Crippen molar-refractivity contribution in [3.8, 4) is 17.6 Å². The molecule has 0 aliphatic carbocycles. The SMILES string of the molecule is CC#CCOc1ccc(C[C@H](NC(=O)[C@@H](C=CCCCCCCC2(CCCCCCC)OCCO2)[C@@](O)(CCCOC)C(=O)O)C(=O)OC)cc1. The van der Waals surface area contributed by atoms with Crippen molar-refractivity contribution >= 4 is 17.8 Å². The van der Waals surface area contributed by atoms with Crippen molar-refractivity contribution in [2.75, 3.05) is 40.6 Å². The lowest BCUT2D eigenvalue weighted by Crippen LogP contribution is -2.54. The molecule has 0 saturated carbocycles. The van der Waals surface area contributed by atoms with Gasteiger partial charge in [0.05, 0.1) is 26.2 Å². The number of carboxylic acids is 1. The Kier molecular flexibility index (Phi) is 21.2. The second-order valence-corrected chi connectivity index (χ2v) is 13.1. The fourth-order valence-corrected chi connectivity index (χ4v) is 6.24. The van der Waals surface area contributed by atoms with E-state index < -0.39 is 41.2 Å². The van der Waals surface area contributed by atoms with Gasteiger partial charge in [0.1, 0.15) is 18.4 Å². The number of carboxylic acid groups (broad SMARTS) is 1.